The minimum absolute atomic E-state index is 0.0181. The van der Waals surface area contributed by atoms with Crippen molar-refractivity contribution in [2.75, 3.05) is 59.8 Å². The maximum Gasteiger partial charge on any atom is 0.508 e. The van der Waals surface area contributed by atoms with Crippen molar-refractivity contribution in [3.05, 3.63) is 24.3 Å². The summed E-state index contributed by atoms with van der Waals surface area (Å²) >= 11 is 0. The van der Waals surface area contributed by atoms with Gasteiger partial charge in [-0.1, -0.05) is 89.0 Å². The summed E-state index contributed by atoms with van der Waals surface area (Å²) in [6.07, 6.45) is 6.13. The van der Waals surface area contributed by atoms with Crippen LogP contribution in [0.4, 0.5) is 48.7 Å². The van der Waals surface area contributed by atoms with Crippen LogP contribution in [0.1, 0.15) is 174 Å². The number of alkyl halides is 10. The van der Waals surface area contributed by atoms with Gasteiger partial charge in [0.1, 0.15) is 19.8 Å². The van der Waals surface area contributed by atoms with E-state index in [1.165, 1.54) is 19.3 Å². The predicted molar refractivity (Wildman–Crippen MR) is 245 cm³/mol. The lowest BCUT2D eigenvalue weighted by Crippen LogP contribution is -2.36. The first-order valence-corrected chi connectivity index (χ1v) is 25.4. The Morgan fingerprint density at radius 1 is 0.557 bits per heavy atom. The van der Waals surface area contributed by atoms with E-state index in [0.29, 0.717) is 6.42 Å². The van der Waals surface area contributed by atoms with E-state index in [-0.39, 0.29) is 116 Å². The number of carbonyl (C=O) groups excluding carboxylic acids is 3. The summed E-state index contributed by atoms with van der Waals surface area (Å²) in [5.41, 5.74) is 0. The first-order valence-electron chi connectivity index (χ1n) is 25.4. The van der Waals surface area contributed by atoms with E-state index in [0.717, 1.165) is 70.9 Å². The highest BCUT2D eigenvalue weighted by Crippen LogP contribution is 2.40. The van der Waals surface area contributed by atoms with Crippen LogP contribution in [0, 0.1) is 11.8 Å². The summed E-state index contributed by atoms with van der Waals surface area (Å²) in [4.78, 5) is 40.3. The molecule has 1 unspecified atom stereocenters. The Labute approximate surface area is 409 Å². The molecule has 0 amide bonds. The number of allylic oxidation sites excluding steroid dienone is 4. The fourth-order valence-electron chi connectivity index (χ4n) is 7.20. The molecule has 0 radical (unpaired) electrons. The molecule has 1 saturated heterocycles. The average molecular weight is 1030 g/mol. The Bertz CT molecular complexity index is 1380. The Kier molecular flexibility index (Phi) is 34.8. The molecule has 1 heterocycles. The molecule has 1 aliphatic rings. The molecular weight excluding hydrogens is 949 g/mol. The van der Waals surface area contributed by atoms with Crippen molar-refractivity contribution < 1.29 is 86.7 Å². The van der Waals surface area contributed by atoms with Gasteiger partial charge >= 0.3 is 42.3 Å². The van der Waals surface area contributed by atoms with Crippen molar-refractivity contribution in [1.29, 1.82) is 0 Å². The molecule has 70 heavy (non-hydrogen) atoms. The number of halogens is 10. The topological polar surface area (TPSA) is 110 Å². The summed E-state index contributed by atoms with van der Waals surface area (Å²) in [5.74, 6) is -11.3. The summed E-state index contributed by atoms with van der Waals surface area (Å²) in [7, 11) is 2.01. The van der Waals surface area contributed by atoms with Crippen LogP contribution in [0.15, 0.2) is 24.3 Å². The summed E-state index contributed by atoms with van der Waals surface area (Å²) in [6.45, 7) is 3.29. The molecule has 1 rings (SSSR count). The van der Waals surface area contributed by atoms with Crippen molar-refractivity contribution in [3.63, 3.8) is 0 Å². The standard InChI is InChI=1S/C50H81F10NO9/c1-3-4-5-6-7-8-9-10-11-12-13-14-15-16-21-26-43(62)67-38-42(40-70-46(64)69-37-41-29-33-61(2)34-30-41)39-68-44(63)27-28-45(65-35-24-19-17-22-31-47(51,52)49(55,56)57)66-36-25-20-18-23-32-48(53,54)50(58,59)60/h7-8,10-11,41-42,45H,3-6,9,12-40H2,1-2H3/b8-7-,11-10-. The van der Waals surface area contributed by atoms with Gasteiger partial charge in [-0.05, 0) is 103 Å². The van der Waals surface area contributed by atoms with Crippen LogP contribution in [0.3, 0.4) is 0 Å². The SMILES string of the molecule is CCCCC/C=C\C/C=C\CCCCCCCC(=O)OCC(COC(=O)CCC(OCCCCCCC(F)(F)C(F)(F)F)OCCCCCCC(F)(F)C(F)(F)F)COC(=O)OCC1CCN(C)CC1. The smallest absolute Gasteiger partial charge is 0.465 e. The number of rotatable bonds is 41. The van der Waals surface area contributed by atoms with Crippen LogP contribution in [0.2, 0.25) is 0 Å². The number of likely N-dealkylation sites (tertiary alicyclic amines) is 1. The summed E-state index contributed by atoms with van der Waals surface area (Å²) in [5, 5.41) is 0. The fourth-order valence-corrected chi connectivity index (χ4v) is 7.20. The third-order valence-electron chi connectivity index (χ3n) is 11.8. The van der Waals surface area contributed by atoms with Crippen LogP contribution >= 0.6 is 0 Å². The highest BCUT2D eigenvalue weighted by atomic mass is 19.4. The van der Waals surface area contributed by atoms with Crippen LogP contribution in [0.25, 0.3) is 0 Å². The van der Waals surface area contributed by atoms with Crippen LogP contribution < -0.4 is 0 Å². The van der Waals surface area contributed by atoms with E-state index in [4.69, 9.17) is 28.4 Å². The van der Waals surface area contributed by atoms with Crippen molar-refractivity contribution >= 4 is 18.1 Å². The first-order chi connectivity index (χ1) is 33.2. The molecule has 0 bridgehead atoms. The number of esters is 2. The third-order valence-corrected chi connectivity index (χ3v) is 11.8. The normalized spacial score (nSPS) is 15.0. The second-order valence-corrected chi connectivity index (χ2v) is 18.3. The van der Waals surface area contributed by atoms with E-state index >= 15 is 0 Å². The molecule has 1 fully saturated rings. The molecular formula is C50H81F10NO9. The van der Waals surface area contributed by atoms with E-state index in [1.54, 1.807) is 0 Å². The minimum atomic E-state index is -5.64. The van der Waals surface area contributed by atoms with Gasteiger partial charge in [-0.3, -0.25) is 9.59 Å². The molecule has 0 saturated carbocycles. The van der Waals surface area contributed by atoms with E-state index in [2.05, 4.69) is 36.1 Å². The average Bonchev–Trinajstić information content (AvgIpc) is 3.29. The molecule has 0 aliphatic carbocycles. The van der Waals surface area contributed by atoms with Gasteiger partial charge in [0.2, 0.25) is 0 Å². The fraction of sp³-hybridized carbons (Fsp3) is 0.860. The van der Waals surface area contributed by atoms with Gasteiger partial charge < -0.3 is 33.3 Å². The molecule has 410 valence electrons. The number of hydrogen-bond acceptors (Lipinski definition) is 10. The van der Waals surface area contributed by atoms with Gasteiger partial charge in [-0.15, -0.1) is 0 Å². The predicted octanol–water partition coefficient (Wildman–Crippen LogP) is 14.4. The largest absolute Gasteiger partial charge is 0.508 e. The van der Waals surface area contributed by atoms with Crippen LogP contribution in [0.5, 0.6) is 0 Å². The summed E-state index contributed by atoms with van der Waals surface area (Å²) < 4.78 is 161. The van der Waals surface area contributed by atoms with Gasteiger partial charge in [0.25, 0.3) is 0 Å². The lowest BCUT2D eigenvalue weighted by molar-refractivity contribution is -0.284. The Morgan fingerprint density at radius 2 is 1.01 bits per heavy atom. The molecule has 1 aliphatic heterocycles. The maximum atomic E-state index is 13.2. The van der Waals surface area contributed by atoms with Crippen LogP contribution in [-0.4, -0.2) is 113 Å². The molecule has 1 atom stereocenters. The lowest BCUT2D eigenvalue weighted by atomic mass is 9.98. The quantitative estimate of drug-likeness (QED) is 0.0147. The van der Waals surface area contributed by atoms with Gasteiger partial charge in [0.15, 0.2) is 6.29 Å². The van der Waals surface area contributed by atoms with E-state index in [1.807, 2.05) is 7.05 Å². The number of ether oxygens (including phenoxy) is 6. The second kappa shape index (κ2) is 37.6. The number of nitrogens with zero attached hydrogens (tertiary/aromatic N) is 1. The van der Waals surface area contributed by atoms with Crippen molar-refractivity contribution in [2.24, 2.45) is 11.8 Å². The van der Waals surface area contributed by atoms with Gasteiger partial charge in [0, 0.05) is 38.9 Å². The maximum absolute atomic E-state index is 13.2. The van der Waals surface area contributed by atoms with Crippen LogP contribution in [-0.2, 0) is 38.0 Å². The number of hydrogen-bond donors (Lipinski definition) is 0. The Morgan fingerprint density at radius 3 is 1.54 bits per heavy atom. The van der Waals surface area contributed by atoms with E-state index < -0.39 is 67.3 Å². The molecule has 10 nitrogen and oxygen atoms in total. The molecule has 0 N–H and O–H groups in total. The zero-order valence-corrected chi connectivity index (χ0v) is 41.5. The van der Waals surface area contributed by atoms with Gasteiger partial charge in [-0.2, -0.15) is 43.9 Å². The molecule has 0 aromatic rings. The number of unbranched alkanes of at least 4 members (excludes halogenated alkanes) is 14. The highest BCUT2D eigenvalue weighted by Gasteiger charge is 2.57. The molecule has 0 aromatic heterocycles. The first kappa shape index (κ1) is 64.9. The molecule has 20 heteroatoms. The molecule has 0 aromatic carbocycles. The second-order valence-electron chi connectivity index (χ2n) is 18.3. The Balaban J connectivity index is 2.67. The minimum Gasteiger partial charge on any atom is -0.465 e. The highest BCUT2D eigenvalue weighted by molar-refractivity contribution is 5.69. The lowest BCUT2D eigenvalue weighted by Gasteiger charge is -2.28. The number of carbonyl (C=O) groups is 3. The third kappa shape index (κ3) is 33.5. The van der Waals surface area contributed by atoms with Crippen molar-refractivity contribution in [1.82, 2.24) is 4.90 Å². The summed E-state index contributed by atoms with van der Waals surface area (Å²) in [6, 6.07) is 0. The van der Waals surface area contributed by atoms with E-state index in [9.17, 15) is 58.3 Å². The van der Waals surface area contributed by atoms with Crippen molar-refractivity contribution in [3.8, 4) is 0 Å². The zero-order valence-electron chi connectivity index (χ0n) is 41.5. The number of piperidine rings is 1. The van der Waals surface area contributed by atoms with Gasteiger partial charge in [-0.25, -0.2) is 4.79 Å². The zero-order chi connectivity index (χ0) is 52.2. The van der Waals surface area contributed by atoms with Gasteiger partial charge in [0.05, 0.1) is 18.9 Å². The molecule has 0 spiro atoms. The Hall–Kier alpha value is -3.13. The van der Waals surface area contributed by atoms with Crippen molar-refractivity contribution in [2.45, 2.75) is 204 Å². The monoisotopic (exact) mass is 1030 g/mol.